The van der Waals surface area contributed by atoms with Crippen LogP contribution in [0.1, 0.15) is 24.2 Å². The summed E-state index contributed by atoms with van der Waals surface area (Å²) in [6.07, 6.45) is 0.926. The van der Waals surface area contributed by atoms with Crippen LogP contribution in [0.2, 0.25) is 0 Å². The quantitative estimate of drug-likeness (QED) is 0.514. The average molecular weight is 282 g/mol. The van der Waals surface area contributed by atoms with E-state index in [2.05, 4.69) is 15.6 Å². The topological polar surface area (TPSA) is 134 Å². The predicted molar refractivity (Wildman–Crippen MR) is 69.6 cm³/mol. The fourth-order valence-electron chi connectivity index (χ4n) is 1.39. The molecule has 0 saturated carbocycles. The van der Waals surface area contributed by atoms with Gasteiger partial charge in [-0.15, -0.1) is 0 Å². The number of carbonyl (C=O) groups is 2. The number of aromatic nitrogens is 1. The minimum atomic E-state index is -1.37. The molecule has 0 aromatic carbocycles. The molecule has 0 bridgehead atoms. The van der Waals surface area contributed by atoms with Gasteiger partial charge in [-0.25, -0.2) is 9.78 Å². The maximum absolute atomic E-state index is 11.4. The van der Waals surface area contributed by atoms with Gasteiger partial charge in [-0.05, 0) is 13.8 Å². The van der Waals surface area contributed by atoms with Crippen LogP contribution in [0.4, 0.5) is 11.5 Å². The SMILES string of the molecule is CC(C)NC(=O)CNc1ncc([N+](=O)[O-])cc1C(=O)O. The monoisotopic (exact) mass is 282 g/mol. The summed E-state index contributed by atoms with van der Waals surface area (Å²) in [6, 6.07) is 0.839. The molecule has 0 saturated heterocycles. The number of hydrogen-bond acceptors (Lipinski definition) is 6. The Morgan fingerprint density at radius 1 is 1.50 bits per heavy atom. The Hall–Kier alpha value is -2.71. The number of amides is 1. The number of carboxylic acids is 1. The van der Waals surface area contributed by atoms with Crippen molar-refractivity contribution in [1.82, 2.24) is 10.3 Å². The van der Waals surface area contributed by atoms with Crippen molar-refractivity contribution in [2.24, 2.45) is 0 Å². The summed E-state index contributed by atoms with van der Waals surface area (Å²) in [7, 11) is 0. The standard InChI is InChI=1S/C11H14N4O5/c1-6(2)14-9(16)5-13-10-8(11(17)18)3-7(4-12-10)15(19)20/h3-4,6H,5H2,1-2H3,(H,12,13)(H,14,16)(H,17,18). The Kier molecular flexibility index (Phi) is 4.95. The molecule has 0 atom stereocenters. The minimum Gasteiger partial charge on any atom is -0.478 e. The number of anilines is 1. The highest BCUT2D eigenvalue weighted by molar-refractivity contribution is 5.94. The third-order valence-corrected chi connectivity index (χ3v) is 2.18. The molecule has 0 unspecified atom stereocenters. The fraction of sp³-hybridized carbons (Fsp3) is 0.364. The highest BCUT2D eigenvalue weighted by atomic mass is 16.6. The van der Waals surface area contributed by atoms with E-state index in [1.165, 1.54) is 0 Å². The number of hydrogen-bond donors (Lipinski definition) is 3. The number of nitrogens with zero attached hydrogens (tertiary/aromatic N) is 2. The van der Waals surface area contributed by atoms with Crippen molar-refractivity contribution < 1.29 is 19.6 Å². The molecule has 0 aliphatic heterocycles. The van der Waals surface area contributed by atoms with E-state index in [1.807, 2.05) is 0 Å². The first-order chi connectivity index (χ1) is 9.31. The van der Waals surface area contributed by atoms with E-state index in [0.717, 1.165) is 12.3 Å². The number of pyridine rings is 1. The van der Waals surface area contributed by atoms with Gasteiger partial charge in [-0.2, -0.15) is 0 Å². The number of nitrogens with one attached hydrogen (secondary N) is 2. The molecule has 1 aromatic rings. The third-order valence-electron chi connectivity index (χ3n) is 2.18. The molecule has 0 radical (unpaired) electrons. The molecule has 108 valence electrons. The zero-order chi connectivity index (χ0) is 15.3. The van der Waals surface area contributed by atoms with E-state index in [-0.39, 0.29) is 29.9 Å². The average Bonchev–Trinajstić information content (AvgIpc) is 2.35. The first-order valence-corrected chi connectivity index (χ1v) is 5.72. The first-order valence-electron chi connectivity index (χ1n) is 5.72. The van der Waals surface area contributed by atoms with Crippen LogP contribution in [0, 0.1) is 10.1 Å². The van der Waals surface area contributed by atoms with Crippen LogP contribution in [0.5, 0.6) is 0 Å². The second-order valence-electron chi connectivity index (χ2n) is 4.23. The van der Waals surface area contributed by atoms with Crippen molar-refractivity contribution in [1.29, 1.82) is 0 Å². The maximum atomic E-state index is 11.4. The van der Waals surface area contributed by atoms with Crippen molar-refractivity contribution in [2.75, 3.05) is 11.9 Å². The van der Waals surface area contributed by atoms with Crippen molar-refractivity contribution in [3.05, 3.63) is 27.9 Å². The van der Waals surface area contributed by atoms with E-state index in [0.29, 0.717) is 0 Å². The predicted octanol–water partition coefficient (Wildman–Crippen LogP) is 0.624. The number of carboxylic acid groups (broad SMARTS) is 1. The highest BCUT2D eigenvalue weighted by Gasteiger charge is 2.18. The Bertz CT molecular complexity index is 544. The Morgan fingerprint density at radius 3 is 2.65 bits per heavy atom. The first kappa shape index (κ1) is 15.3. The zero-order valence-electron chi connectivity index (χ0n) is 10.9. The summed E-state index contributed by atoms with van der Waals surface area (Å²) in [5.74, 6) is -1.80. The lowest BCUT2D eigenvalue weighted by molar-refractivity contribution is -0.385. The van der Waals surface area contributed by atoms with Crippen LogP contribution >= 0.6 is 0 Å². The second kappa shape index (κ2) is 6.45. The van der Waals surface area contributed by atoms with Crippen LogP contribution in [0.15, 0.2) is 12.3 Å². The third kappa shape index (κ3) is 4.19. The molecule has 3 N–H and O–H groups in total. The van der Waals surface area contributed by atoms with Gasteiger partial charge in [0.25, 0.3) is 5.69 Å². The Morgan fingerprint density at radius 2 is 2.15 bits per heavy atom. The van der Waals surface area contributed by atoms with Crippen molar-refractivity contribution in [3.63, 3.8) is 0 Å². The summed E-state index contributed by atoms with van der Waals surface area (Å²) in [4.78, 5) is 35.9. The maximum Gasteiger partial charge on any atom is 0.339 e. The number of rotatable bonds is 6. The molecule has 9 nitrogen and oxygen atoms in total. The molecule has 1 amide bonds. The summed E-state index contributed by atoms with van der Waals surface area (Å²) < 4.78 is 0. The van der Waals surface area contributed by atoms with Crippen LogP contribution in [0.3, 0.4) is 0 Å². The van der Waals surface area contributed by atoms with Gasteiger partial charge in [-0.1, -0.05) is 0 Å². The van der Waals surface area contributed by atoms with Gasteiger partial charge in [0.15, 0.2) is 0 Å². The Labute approximate surface area is 114 Å². The molecule has 0 aliphatic carbocycles. The van der Waals surface area contributed by atoms with Gasteiger partial charge in [0.2, 0.25) is 5.91 Å². The second-order valence-corrected chi connectivity index (χ2v) is 4.23. The minimum absolute atomic E-state index is 0.0481. The molecule has 0 fully saturated rings. The number of carbonyl (C=O) groups excluding carboxylic acids is 1. The van der Waals surface area contributed by atoms with Gasteiger partial charge in [0.05, 0.1) is 11.5 Å². The van der Waals surface area contributed by atoms with Gasteiger partial charge in [0, 0.05) is 12.1 Å². The normalized spacial score (nSPS) is 10.2. The summed E-state index contributed by atoms with van der Waals surface area (Å²) in [5, 5.41) is 24.7. The molecule has 1 heterocycles. The van der Waals surface area contributed by atoms with Gasteiger partial charge < -0.3 is 15.7 Å². The summed E-state index contributed by atoms with van der Waals surface area (Å²) >= 11 is 0. The molecule has 1 rings (SSSR count). The lowest BCUT2D eigenvalue weighted by atomic mass is 10.2. The largest absolute Gasteiger partial charge is 0.478 e. The van der Waals surface area contributed by atoms with Crippen LogP contribution in [0.25, 0.3) is 0 Å². The van der Waals surface area contributed by atoms with Crippen LogP contribution < -0.4 is 10.6 Å². The molecular weight excluding hydrogens is 268 g/mol. The highest BCUT2D eigenvalue weighted by Crippen LogP contribution is 2.18. The van der Waals surface area contributed by atoms with E-state index < -0.39 is 16.6 Å². The fourth-order valence-corrected chi connectivity index (χ4v) is 1.39. The lowest BCUT2D eigenvalue weighted by Crippen LogP contribution is -2.35. The van der Waals surface area contributed by atoms with Crippen LogP contribution in [-0.4, -0.2) is 39.5 Å². The molecule has 0 aliphatic rings. The van der Waals surface area contributed by atoms with Crippen LogP contribution in [-0.2, 0) is 4.79 Å². The Balaban J connectivity index is 2.87. The molecule has 9 heteroatoms. The lowest BCUT2D eigenvalue weighted by Gasteiger charge is -2.10. The van der Waals surface area contributed by atoms with E-state index in [4.69, 9.17) is 5.11 Å². The molecule has 20 heavy (non-hydrogen) atoms. The van der Waals surface area contributed by atoms with Gasteiger partial charge in [-0.3, -0.25) is 14.9 Å². The zero-order valence-corrected chi connectivity index (χ0v) is 10.9. The van der Waals surface area contributed by atoms with E-state index in [1.54, 1.807) is 13.8 Å². The van der Waals surface area contributed by atoms with Crippen molar-refractivity contribution >= 4 is 23.4 Å². The summed E-state index contributed by atoms with van der Waals surface area (Å²) in [5.41, 5.74) is -0.795. The molecule has 0 spiro atoms. The smallest absolute Gasteiger partial charge is 0.339 e. The van der Waals surface area contributed by atoms with Gasteiger partial charge >= 0.3 is 5.97 Å². The number of nitro groups is 1. The number of aromatic carboxylic acids is 1. The van der Waals surface area contributed by atoms with Crippen molar-refractivity contribution in [2.45, 2.75) is 19.9 Å². The summed E-state index contributed by atoms with van der Waals surface area (Å²) in [6.45, 7) is 3.39. The van der Waals surface area contributed by atoms with Gasteiger partial charge in [0.1, 0.15) is 17.6 Å². The van der Waals surface area contributed by atoms with E-state index in [9.17, 15) is 19.7 Å². The van der Waals surface area contributed by atoms with E-state index >= 15 is 0 Å². The van der Waals surface area contributed by atoms with Crippen molar-refractivity contribution in [3.8, 4) is 0 Å². The molecule has 1 aromatic heterocycles. The molecular formula is C11H14N4O5.